The van der Waals surface area contributed by atoms with E-state index in [4.69, 9.17) is 5.73 Å². The van der Waals surface area contributed by atoms with Gasteiger partial charge >= 0.3 is 0 Å². The molecule has 0 fully saturated rings. The zero-order chi connectivity index (χ0) is 13.6. The maximum absolute atomic E-state index is 14.0. The molecule has 0 bridgehead atoms. The van der Waals surface area contributed by atoms with Gasteiger partial charge in [-0.25, -0.2) is 9.37 Å². The first-order valence-electron chi connectivity index (χ1n) is 5.26. The van der Waals surface area contributed by atoms with E-state index in [1.165, 1.54) is 0 Å². The molecule has 0 aliphatic carbocycles. The Labute approximate surface area is 114 Å². The molecule has 0 aliphatic rings. The average molecular weight is 324 g/mol. The predicted octanol–water partition coefficient (Wildman–Crippen LogP) is 1.80. The van der Waals surface area contributed by atoms with Crippen LogP contribution in [-0.4, -0.2) is 19.9 Å². The molecule has 96 valence electrons. The van der Waals surface area contributed by atoms with Gasteiger partial charge in [0, 0.05) is 0 Å². The molecule has 0 unspecified atom stereocenters. The van der Waals surface area contributed by atoms with Crippen molar-refractivity contribution in [3.63, 3.8) is 0 Å². The molecule has 4 N–H and O–H groups in total. The van der Waals surface area contributed by atoms with Gasteiger partial charge in [-0.15, -0.1) is 0 Å². The highest BCUT2D eigenvalue weighted by molar-refractivity contribution is 9.10. The van der Waals surface area contributed by atoms with Crippen molar-refractivity contribution in [2.75, 3.05) is 5.73 Å². The molecule has 0 atom stereocenters. The Bertz CT molecular complexity index is 841. The third kappa shape index (κ3) is 1.89. The van der Waals surface area contributed by atoms with Crippen molar-refractivity contribution in [1.82, 2.24) is 19.9 Å². The second kappa shape index (κ2) is 4.16. The van der Waals surface area contributed by atoms with Gasteiger partial charge in [0.15, 0.2) is 11.2 Å². The zero-order valence-electron chi connectivity index (χ0n) is 9.37. The van der Waals surface area contributed by atoms with Crippen LogP contribution in [0.5, 0.6) is 0 Å². The number of aromatic nitrogens is 4. The second-order valence-corrected chi connectivity index (χ2v) is 4.69. The van der Waals surface area contributed by atoms with Crippen molar-refractivity contribution in [3.05, 3.63) is 38.8 Å². The molecule has 0 saturated carbocycles. The third-order valence-electron chi connectivity index (χ3n) is 2.59. The van der Waals surface area contributed by atoms with Crippen LogP contribution in [0.2, 0.25) is 0 Å². The normalized spacial score (nSPS) is 11.1. The summed E-state index contributed by atoms with van der Waals surface area (Å²) in [6.07, 6.45) is 0. The Balaban J connectivity index is 2.30. The molecule has 3 rings (SSSR count). The summed E-state index contributed by atoms with van der Waals surface area (Å²) in [6.45, 7) is 0. The first kappa shape index (κ1) is 11.8. The minimum absolute atomic E-state index is 0.0368. The fourth-order valence-corrected chi connectivity index (χ4v) is 2.10. The van der Waals surface area contributed by atoms with E-state index in [2.05, 4.69) is 35.9 Å². The fraction of sp³-hybridized carbons (Fsp3) is 0. The van der Waals surface area contributed by atoms with Gasteiger partial charge < -0.3 is 10.7 Å². The number of nitrogen functional groups attached to an aromatic ring is 1. The molecule has 2 aromatic heterocycles. The number of fused-ring (bicyclic) bond motifs is 1. The van der Waals surface area contributed by atoms with Crippen LogP contribution in [0.3, 0.4) is 0 Å². The lowest BCUT2D eigenvalue weighted by Gasteiger charge is -2.00. The SMILES string of the molecule is Nc1nc2nc(-c3cccc(Br)c3F)[nH]c2c(=O)[nH]1. The quantitative estimate of drug-likeness (QED) is 0.635. The molecule has 0 amide bonds. The lowest BCUT2D eigenvalue weighted by molar-refractivity contribution is 0.623. The highest BCUT2D eigenvalue weighted by atomic mass is 79.9. The summed E-state index contributed by atoms with van der Waals surface area (Å²) in [7, 11) is 0. The lowest BCUT2D eigenvalue weighted by Crippen LogP contribution is -2.10. The Hall–Kier alpha value is -2.22. The smallest absolute Gasteiger partial charge is 0.278 e. The first-order valence-corrected chi connectivity index (χ1v) is 6.05. The number of anilines is 1. The summed E-state index contributed by atoms with van der Waals surface area (Å²) >= 11 is 3.09. The molecule has 0 spiro atoms. The molecule has 1 aromatic carbocycles. The van der Waals surface area contributed by atoms with Gasteiger partial charge in [-0.05, 0) is 28.1 Å². The fourth-order valence-electron chi connectivity index (χ4n) is 1.74. The van der Waals surface area contributed by atoms with Gasteiger partial charge in [-0.1, -0.05) is 6.07 Å². The number of halogens is 2. The molecule has 2 heterocycles. The van der Waals surface area contributed by atoms with Crippen LogP contribution in [0.15, 0.2) is 27.5 Å². The van der Waals surface area contributed by atoms with Crippen molar-refractivity contribution in [3.8, 4) is 11.4 Å². The topological polar surface area (TPSA) is 100 Å². The van der Waals surface area contributed by atoms with Crippen molar-refractivity contribution in [2.45, 2.75) is 0 Å². The van der Waals surface area contributed by atoms with Gasteiger partial charge in [0.05, 0.1) is 10.0 Å². The van der Waals surface area contributed by atoms with E-state index in [0.29, 0.717) is 4.47 Å². The number of hydrogen-bond donors (Lipinski definition) is 3. The van der Waals surface area contributed by atoms with E-state index in [-0.39, 0.29) is 28.5 Å². The van der Waals surface area contributed by atoms with Crippen molar-refractivity contribution >= 4 is 33.0 Å². The van der Waals surface area contributed by atoms with E-state index in [9.17, 15) is 9.18 Å². The number of nitrogens with two attached hydrogens (primary N) is 1. The minimum Gasteiger partial charge on any atom is -0.369 e. The van der Waals surface area contributed by atoms with Crippen LogP contribution in [0.1, 0.15) is 0 Å². The van der Waals surface area contributed by atoms with Crippen LogP contribution in [0, 0.1) is 5.82 Å². The molecule has 6 nitrogen and oxygen atoms in total. The summed E-state index contributed by atoms with van der Waals surface area (Å²) in [4.78, 5) is 24.7. The Kier molecular flexibility index (Phi) is 2.59. The van der Waals surface area contributed by atoms with Crippen LogP contribution in [-0.2, 0) is 0 Å². The molecule has 0 saturated heterocycles. The van der Waals surface area contributed by atoms with Gasteiger partial charge in [0.25, 0.3) is 5.56 Å². The number of nitrogens with one attached hydrogen (secondary N) is 2. The lowest BCUT2D eigenvalue weighted by atomic mass is 10.2. The first-order chi connectivity index (χ1) is 9.06. The minimum atomic E-state index is -0.467. The van der Waals surface area contributed by atoms with E-state index in [0.717, 1.165) is 0 Å². The van der Waals surface area contributed by atoms with E-state index < -0.39 is 11.4 Å². The van der Waals surface area contributed by atoms with Crippen LogP contribution < -0.4 is 11.3 Å². The highest BCUT2D eigenvalue weighted by Gasteiger charge is 2.14. The molecular formula is C11H7BrFN5O. The van der Waals surface area contributed by atoms with Gasteiger partial charge in [0.2, 0.25) is 5.95 Å². The highest BCUT2D eigenvalue weighted by Crippen LogP contribution is 2.26. The molecule has 8 heteroatoms. The average Bonchev–Trinajstić information content (AvgIpc) is 2.76. The number of H-pyrrole nitrogens is 2. The summed E-state index contributed by atoms with van der Waals surface area (Å²) in [5.74, 6) is -0.284. The number of benzene rings is 1. The molecule has 3 aromatic rings. The van der Waals surface area contributed by atoms with Gasteiger partial charge in [-0.3, -0.25) is 9.78 Å². The Morgan fingerprint density at radius 1 is 1.26 bits per heavy atom. The Morgan fingerprint density at radius 2 is 2.05 bits per heavy atom. The number of aromatic amines is 2. The van der Waals surface area contributed by atoms with Crippen LogP contribution in [0.4, 0.5) is 10.3 Å². The Morgan fingerprint density at radius 3 is 2.84 bits per heavy atom. The van der Waals surface area contributed by atoms with Gasteiger partial charge in [0.1, 0.15) is 11.6 Å². The van der Waals surface area contributed by atoms with Crippen LogP contribution >= 0.6 is 15.9 Å². The van der Waals surface area contributed by atoms with Crippen LogP contribution in [0.25, 0.3) is 22.6 Å². The maximum atomic E-state index is 14.0. The van der Waals surface area contributed by atoms with E-state index in [1.54, 1.807) is 18.2 Å². The predicted molar refractivity (Wildman–Crippen MR) is 72.0 cm³/mol. The molecular weight excluding hydrogens is 317 g/mol. The summed E-state index contributed by atoms with van der Waals surface area (Å²) in [5, 5.41) is 0. The number of rotatable bonds is 1. The summed E-state index contributed by atoms with van der Waals surface area (Å²) in [6, 6.07) is 4.79. The third-order valence-corrected chi connectivity index (χ3v) is 3.20. The second-order valence-electron chi connectivity index (χ2n) is 3.84. The standard InChI is InChI=1S/C11H7BrFN5O/c12-5-3-1-2-4(6(5)13)8-15-7-9(16-8)17-11(14)18-10(7)19/h1-3H,(H4,14,15,16,17,18,19). The number of imidazole rings is 1. The maximum Gasteiger partial charge on any atom is 0.278 e. The number of nitrogens with zero attached hydrogens (tertiary/aromatic N) is 2. The van der Waals surface area contributed by atoms with E-state index >= 15 is 0 Å². The zero-order valence-corrected chi connectivity index (χ0v) is 11.0. The number of hydrogen-bond acceptors (Lipinski definition) is 4. The largest absolute Gasteiger partial charge is 0.369 e. The molecule has 0 aliphatic heterocycles. The molecule has 0 radical (unpaired) electrons. The summed E-state index contributed by atoms with van der Waals surface area (Å²) < 4.78 is 14.3. The van der Waals surface area contributed by atoms with E-state index in [1.807, 2.05) is 0 Å². The monoisotopic (exact) mass is 323 g/mol. The van der Waals surface area contributed by atoms with Crippen molar-refractivity contribution in [2.24, 2.45) is 0 Å². The van der Waals surface area contributed by atoms with Crippen molar-refractivity contribution in [1.29, 1.82) is 0 Å². The molecule has 19 heavy (non-hydrogen) atoms. The van der Waals surface area contributed by atoms with Crippen molar-refractivity contribution < 1.29 is 4.39 Å². The summed E-state index contributed by atoms with van der Waals surface area (Å²) in [5.41, 5.74) is 5.52. The van der Waals surface area contributed by atoms with Gasteiger partial charge in [-0.2, -0.15) is 4.98 Å².